The summed E-state index contributed by atoms with van der Waals surface area (Å²) < 4.78 is 5.49. The molecule has 0 saturated carbocycles. The van der Waals surface area contributed by atoms with E-state index in [4.69, 9.17) is 4.74 Å². The van der Waals surface area contributed by atoms with Gasteiger partial charge in [0.1, 0.15) is 0 Å². The van der Waals surface area contributed by atoms with Gasteiger partial charge in [0.15, 0.2) is 17.6 Å². The predicted molar refractivity (Wildman–Crippen MR) is 86.6 cm³/mol. The largest absolute Gasteiger partial charge is 0.349 e. The fourth-order valence-electron chi connectivity index (χ4n) is 2.51. The molecule has 1 atom stereocenters. The summed E-state index contributed by atoms with van der Waals surface area (Å²) in [5, 5.41) is 13.3. The molecule has 0 spiro atoms. The van der Waals surface area contributed by atoms with Gasteiger partial charge in [0.25, 0.3) is 5.69 Å². The SMILES string of the molecule is CC1(C)COC(C=O)N1c1nc(-c2ccc([N+](=O)[O-])cc2)cs1. The smallest absolute Gasteiger partial charge is 0.269 e. The van der Waals surface area contributed by atoms with Crippen LogP contribution in [0.3, 0.4) is 0 Å². The van der Waals surface area contributed by atoms with Crippen molar-refractivity contribution in [3.8, 4) is 11.3 Å². The molecule has 1 fully saturated rings. The molecule has 0 N–H and O–H groups in total. The molecule has 0 radical (unpaired) electrons. The molecule has 8 heteroatoms. The first kappa shape index (κ1) is 15.6. The lowest BCUT2D eigenvalue weighted by atomic mass is 10.1. The van der Waals surface area contributed by atoms with Crippen LogP contribution in [0.5, 0.6) is 0 Å². The summed E-state index contributed by atoms with van der Waals surface area (Å²) in [7, 11) is 0. The molecule has 23 heavy (non-hydrogen) atoms. The van der Waals surface area contributed by atoms with Crippen molar-refractivity contribution in [2.24, 2.45) is 0 Å². The van der Waals surface area contributed by atoms with Crippen LogP contribution in [0.1, 0.15) is 13.8 Å². The van der Waals surface area contributed by atoms with Crippen molar-refractivity contribution >= 4 is 28.4 Å². The zero-order valence-corrected chi connectivity index (χ0v) is 13.4. The summed E-state index contributed by atoms with van der Waals surface area (Å²) in [5.74, 6) is 0. The number of aromatic nitrogens is 1. The second kappa shape index (κ2) is 5.71. The van der Waals surface area contributed by atoms with Crippen LogP contribution in [0.4, 0.5) is 10.8 Å². The van der Waals surface area contributed by atoms with Crippen LogP contribution in [0, 0.1) is 10.1 Å². The topological polar surface area (TPSA) is 85.6 Å². The first-order valence-corrected chi connectivity index (χ1v) is 7.87. The number of non-ortho nitro benzene ring substituents is 1. The summed E-state index contributed by atoms with van der Waals surface area (Å²) in [6.07, 6.45) is 0.127. The highest BCUT2D eigenvalue weighted by Gasteiger charge is 2.42. The van der Waals surface area contributed by atoms with Crippen molar-refractivity contribution in [1.29, 1.82) is 0 Å². The van der Waals surface area contributed by atoms with Crippen LogP contribution in [0.2, 0.25) is 0 Å². The monoisotopic (exact) mass is 333 g/mol. The number of aldehydes is 1. The highest BCUT2D eigenvalue weighted by molar-refractivity contribution is 7.14. The Balaban J connectivity index is 1.91. The van der Waals surface area contributed by atoms with E-state index in [2.05, 4.69) is 4.98 Å². The summed E-state index contributed by atoms with van der Waals surface area (Å²) in [6, 6.07) is 6.23. The molecule has 1 aromatic heterocycles. The molecule has 3 rings (SSSR count). The minimum absolute atomic E-state index is 0.0410. The number of ether oxygens (including phenoxy) is 1. The quantitative estimate of drug-likeness (QED) is 0.486. The fraction of sp³-hybridized carbons (Fsp3) is 0.333. The minimum atomic E-state index is -0.638. The molecule has 0 bridgehead atoms. The maximum absolute atomic E-state index is 11.2. The second-order valence-electron chi connectivity index (χ2n) is 5.84. The zero-order valence-electron chi connectivity index (χ0n) is 12.6. The highest BCUT2D eigenvalue weighted by atomic mass is 32.1. The van der Waals surface area contributed by atoms with Crippen molar-refractivity contribution in [2.45, 2.75) is 25.6 Å². The van der Waals surface area contributed by atoms with Gasteiger partial charge in [0.05, 0.1) is 22.8 Å². The van der Waals surface area contributed by atoms with Gasteiger partial charge in [-0.05, 0) is 26.0 Å². The number of rotatable bonds is 4. The Bertz CT molecular complexity index is 741. The summed E-state index contributed by atoms with van der Waals surface area (Å²) in [4.78, 5) is 27.9. The molecule has 1 saturated heterocycles. The predicted octanol–water partition coefficient (Wildman–Crippen LogP) is 2.86. The van der Waals surface area contributed by atoms with Crippen LogP contribution in [0.15, 0.2) is 29.6 Å². The lowest BCUT2D eigenvalue weighted by molar-refractivity contribution is -0.384. The average molecular weight is 333 g/mol. The molecule has 7 nitrogen and oxygen atoms in total. The van der Waals surface area contributed by atoms with Gasteiger partial charge in [0, 0.05) is 23.1 Å². The Morgan fingerprint density at radius 1 is 1.43 bits per heavy atom. The van der Waals surface area contributed by atoms with E-state index >= 15 is 0 Å². The van der Waals surface area contributed by atoms with Crippen LogP contribution < -0.4 is 4.90 Å². The highest BCUT2D eigenvalue weighted by Crippen LogP contribution is 2.36. The van der Waals surface area contributed by atoms with Gasteiger partial charge in [-0.25, -0.2) is 4.98 Å². The number of carbonyl (C=O) groups is 1. The maximum atomic E-state index is 11.2. The molecule has 0 aliphatic carbocycles. The van der Waals surface area contributed by atoms with Crippen LogP contribution in [0.25, 0.3) is 11.3 Å². The van der Waals surface area contributed by atoms with Crippen molar-refractivity contribution in [2.75, 3.05) is 11.5 Å². The third-order valence-corrected chi connectivity index (χ3v) is 4.54. The van der Waals surface area contributed by atoms with Gasteiger partial charge in [-0.2, -0.15) is 0 Å². The van der Waals surface area contributed by atoms with Crippen molar-refractivity contribution < 1.29 is 14.5 Å². The minimum Gasteiger partial charge on any atom is -0.349 e. The van der Waals surface area contributed by atoms with E-state index in [0.29, 0.717) is 17.4 Å². The first-order valence-electron chi connectivity index (χ1n) is 6.99. The van der Waals surface area contributed by atoms with Crippen molar-refractivity contribution in [1.82, 2.24) is 4.98 Å². The van der Waals surface area contributed by atoms with E-state index < -0.39 is 11.2 Å². The van der Waals surface area contributed by atoms with Gasteiger partial charge >= 0.3 is 0 Å². The molecule has 2 aromatic rings. The summed E-state index contributed by atoms with van der Waals surface area (Å²) in [6.45, 7) is 4.43. The van der Waals surface area contributed by atoms with Crippen molar-refractivity contribution in [3.05, 3.63) is 39.8 Å². The van der Waals surface area contributed by atoms with E-state index in [9.17, 15) is 14.9 Å². The maximum Gasteiger partial charge on any atom is 0.269 e. The average Bonchev–Trinajstić information content (AvgIpc) is 3.10. The molecular formula is C15H15N3O4S. The Morgan fingerprint density at radius 3 is 2.74 bits per heavy atom. The Kier molecular flexibility index (Phi) is 3.87. The number of nitro benzene ring substituents is 1. The molecule has 0 amide bonds. The third kappa shape index (κ3) is 2.82. The summed E-state index contributed by atoms with van der Waals surface area (Å²) >= 11 is 1.42. The number of anilines is 1. The van der Waals surface area contributed by atoms with Crippen molar-refractivity contribution in [3.63, 3.8) is 0 Å². The molecule has 1 aromatic carbocycles. The first-order chi connectivity index (χ1) is 10.9. The molecule has 1 aliphatic rings. The third-order valence-electron chi connectivity index (χ3n) is 3.70. The Hall–Kier alpha value is -2.32. The van der Waals surface area contributed by atoms with E-state index in [-0.39, 0.29) is 11.2 Å². The Morgan fingerprint density at radius 2 is 2.13 bits per heavy atom. The van der Waals surface area contributed by atoms with E-state index in [1.165, 1.54) is 23.5 Å². The number of nitrogens with zero attached hydrogens (tertiary/aromatic N) is 3. The molecule has 120 valence electrons. The standard InChI is InChI=1S/C15H15N3O4S/c1-15(2)9-22-13(7-19)17(15)14-16-12(8-23-14)10-3-5-11(6-4-10)18(20)21/h3-8,13H,9H2,1-2H3. The molecule has 2 heterocycles. The number of nitro groups is 1. The normalized spacial score (nSPS) is 19.7. The van der Waals surface area contributed by atoms with Gasteiger partial charge in [-0.3, -0.25) is 14.9 Å². The van der Waals surface area contributed by atoms with Gasteiger partial charge in [0.2, 0.25) is 0 Å². The van der Waals surface area contributed by atoms with Crippen LogP contribution in [-0.4, -0.2) is 34.6 Å². The lowest BCUT2D eigenvalue weighted by Crippen LogP contribution is -2.45. The number of hydrogen-bond acceptors (Lipinski definition) is 7. The number of benzene rings is 1. The number of thiazole rings is 1. The fourth-order valence-corrected chi connectivity index (χ4v) is 3.53. The number of hydrogen-bond donors (Lipinski definition) is 0. The van der Waals surface area contributed by atoms with Gasteiger partial charge in [-0.15, -0.1) is 11.3 Å². The Labute approximate surface area is 136 Å². The van der Waals surface area contributed by atoms with E-state index in [1.807, 2.05) is 24.1 Å². The second-order valence-corrected chi connectivity index (χ2v) is 6.68. The molecular weight excluding hydrogens is 318 g/mol. The number of carbonyl (C=O) groups excluding carboxylic acids is 1. The van der Waals surface area contributed by atoms with Gasteiger partial charge in [-0.1, -0.05) is 0 Å². The molecule has 1 unspecified atom stereocenters. The summed E-state index contributed by atoms with van der Waals surface area (Å²) in [5.41, 5.74) is 1.22. The lowest BCUT2D eigenvalue weighted by Gasteiger charge is -2.30. The van der Waals surface area contributed by atoms with Crippen LogP contribution >= 0.6 is 11.3 Å². The van der Waals surface area contributed by atoms with Gasteiger partial charge < -0.3 is 9.64 Å². The van der Waals surface area contributed by atoms with Crippen LogP contribution in [-0.2, 0) is 9.53 Å². The van der Waals surface area contributed by atoms with E-state index in [1.54, 1.807) is 12.1 Å². The van der Waals surface area contributed by atoms with E-state index in [0.717, 1.165) is 11.8 Å². The molecule has 1 aliphatic heterocycles. The zero-order chi connectivity index (χ0) is 16.6.